The molecular formula is C18H25N. The second-order valence-electron chi connectivity index (χ2n) is 6.38. The molecule has 0 saturated heterocycles. The third-order valence-corrected chi connectivity index (χ3v) is 3.98. The minimum Gasteiger partial charge on any atom is -0.316 e. The largest absolute Gasteiger partial charge is 0.316 e. The van der Waals surface area contributed by atoms with Gasteiger partial charge in [0.05, 0.1) is 0 Å². The third-order valence-electron chi connectivity index (χ3n) is 3.98. The van der Waals surface area contributed by atoms with E-state index in [0.29, 0.717) is 11.5 Å². The molecule has 0 spiro atoms. The van der Waals surface area contributed by atoms with E-state index in [1.54, 1.807) is 0 Å². The predicted octanol–water partition coefficient (Wildman–Crippen LogP) is 4.41. The highest BCUT2D eigenvalue weighted by Gasteiger charge is 2.22. The van der Waals surface area contributed by atoms with Crippen LogP contribution in [0.3, 0.4) is 0 Å². The van der Waals surface area contributed by atoms with Crippen LogP contribution in [0.4, 0.5) is 0 Å². The zero-order valence-electron chi connectivity index (χ0n) is 12.5. The summed E-state index contributed by atoms with van der Waals surface area (Å²) in [6.45, 7) is 6.91. The van der Waals surface area contributed by atoms with Gasteiger partial charge < -0.3 is 5.32 Å². The Balaban J connectivity index is 2.18. The van der Waals surface area contributed by atoms with Crippen LogP contribution in [0.1, 0.15) is 32.8 Å². The van der Waals surface area contributed by atoms with Crippen LogP contribution in [-0.4, -0.2) is 13.1 Å². The average Bonchev–Trinajstić information content (AvgIpc) is 2.38. The second-order valence-corrected chi connectivity index (χ2v) is 6.38. The Morgan fingerprint density at radius 1 is 1.00 bits per heavy atom. The molecule has 0 radical (unpaired) electrons. The Morgan fingerprint density at radius 3 is 2.37 bits per heavy atom. The van der Waals surface area contributed by atoms with Crippen molar-refractivity contribution >= 4 is 10.8 Å². The fourth-order valence-electron chi connectivity index (χ4n) is 2.82. The lowest BCUT2D eigenvalue weighted by molar-refractivity contribution is 0.268. The van der Waals surface area contributed by atoms with Crippen LogP contribution in [0.25, 0.3) is 10.8 Å². The number of fused-ring (bicyclic) bond motifs is 1. The average molecular weight is 255 g/mol. The standard InChI is InChI=1S/C18H25N/c1-18(2,3)17(19-4)13-12-15-10-7-9-14-8-5-6-11-16(14)15/h5-11,17,19H,12-13H2,1-4H3. The zero-order chi connectivity index (χ0) is 13.9. The topological polar surface area (TPSA) is 12.0 Å². The van der Waals surface area contributed by atoms with Gasteiger partial charge in [0.2, 0.25) is 0 Å². The van der Waals surface area contributed by atoms with E-state index in [2.05, 4.69) is 75.6 Å². The minimum absolute atomic E-state index is 0.305. The highest BCUT2D eigenvalue weighted by molar-refractivity contribution is 5.85. The van der Waals surface area contributed by atoms with E-state index in [1.165, 1.54) is 22.8 Å². The van der Waals surface area contributed by atoms with Crippen molar-refractivity contribution in [3.8, 4) is 0 Å². The van der Waals surface area contributed by atoms with E-state index in [0.717, 1.165) is 6.42 Å². The predicted molar refractivity (Wildman–Crippen MR) is 84.6 cm³/mol. The first-order valence-electron chi connectivity index (χ1n) is 7.16. The number of hydrogen-bond donors (Lipinski definition) is 1. The Labute approximate surface area is 117 Å². The smallest absolute Gasteiger partial charge is 0.0116 e. The maximum absolute atomic E-state index is 3.46. The van der Waals surface area contributed by atoms with Gasteiger partial charge in [-0.15, -0.1) is 0 Å². The van der Waals surface area contributed by atoms with E-state index < -0.39 is 0 Å². The summed E-state index contributed by atoms with van der Waals surface area (Å²) in [5, 5.41) is 6.20. The molecule has 19 heavy (non-hydrogen) atoms. The van der Waals surface area contributed by atoms with Gasteiger partial charge >= 0.3 is 0 Å². The Bertz CT molecular complexity index is 531. The molecule has 0 bridgehead atoms. The van der Waals surface area contributed by atoms with Crippen LogP contribution in [0.15, 0.2) is 42.5 Å². The van der Waals surface area contributed by atoms with Crippen LogP contribution in [0.2, 0.25) is 0 Å². The van der Waals surface area contributed by atoms with Gasteiger partial charge in [0.15, 0.2) is 0 Å². The molecule has 0 fully saturated rings. The molecule has 2 aromatic carbocycles. The third kappa shape index (κ3) is 3.36. The van der Waals surface area contributed by atoms with E-state index >= 15 is 0 Å². The summed E-state index contributed by atoms with van der Waals surface area (Å²) in [5.41, 5.74) is 1.77. The Morgan fingerprint density at radius 2 is 1.68 bits per heavy atom. The van der Waals surface area contributed by atoms with Crippen molar-refractivity contribution in [3.05, 3.63) is 48.0 Å². The first-order chi connectivity index (χ1) is 9.02. The van der Waals surface area contributed by atoms with Gasteiger partial charge in [0.25, 0.3) is 0 Å². The Hall–Kier alpha value is -1.34. The van der Waals surface area contributed by atoms with Crippen molar-refractivity contribution in [1.29, 1.82) is 0 Å². The van der Waals surface area contributed by atoms with Gasteiger partial charge in [-0.3, -0.25) is 0 Å². The number of benzene rings is 2. The molecule has 0 amide bonds. The maximum Gasteiger partial charge on any atom is 0.0116 e. The van der Waals surface area contributed by atoms with Gasteiger partial charge in [-0.05, 0) is 41.6 Å². The summed E-state index contributed by atoms with van der Waals surface area (Å²) in [6, 6.07) is 15.8. The van der Waals surface area contributed by atoms with Crippen molar-refractivity contribution in [2.24, 2.45) is 5.41 Å². The normalized spacial score (nSPS) is 13.7. The van der Waals surface area contributed by atoms with Crippen LogP contribution in [0.5, 0.6) is 0 Å². The fourth-order valence-corrected chi connectivity index (χ4v) is 2.82. The summed E-state index contributed by atoms with van der Waals surface area (Å²) >= 11 is 0. The highest BCUT2D eigenvalue weighted by Crippen LogP contribution is 2.25. The van der Waals surface area contributed by atoms with Crippen LogP contribution < -0.4 is 5.32 Å². The number of aryl methyl sites for hydroxylation is 1. The molecule has 2 aromatic rings. The van der Waals surface area contributed by atoms with Crippen molar-refractivity contribution in [3.63, 3.8) is 0 Å². The molecule has 1 heteroatoms. The van der Waals surface area contributed by atoms with Crippen molar-refractivity contribution in [1.82, 2.24) is 5.32 Å². The van der Waals surface area contributed by atoms with E-state index in [4.69, 9.17) is 0 Å². The molecule has 102 valence electrons. The molecule has 1 nitrogen and oxygen atoms in total. The van der Waals surface area contributed by atoms with E-state index in [9.17, 15) is 0 Å². The lowest BCUT2D eigenvalue weighted by Crippen LogP contribution is -2.38. The van der Waals surface area contributed by atoms with Gasteiger partial charge in [-0.2, -0.15) is 0 Å². The monoisotopic (exact) mass is 255 g/mol. The van der Waals surface area contributed by atoms with Crippen molar-refractivity contribution < 1.29 is 0 Å². The molecule has 0 aliphatic carbocycles. The van der Waals surface area contributed by atoms with Gasteiger partial charge in [0, 0.05) is 6.04 Å². The summed E-state index contributed by atoms with van der Waals surface area (Å²) in [7, 11) is 2.07. The highest BCUT2D eigenvalue weighted by atomic mass is 14.9. The number of nitrogens with one attached hydrogen (secondary N) is 1. The summed E-state index contributed by atoms with van der Waals surface area (Å²) in [4.78, 5) is 0. The molecule has 0 aromatic heterocycles. The molecule has 0 aliphatic heterocycles. The molecule has 0 heterocycles. The molecule has 2 rings (SSSR count). The lowest BCUT2D eigenvalue weighted by atomic mass is 9.83. The number of hydrogen-bond acceptors (Lipinski definition) is 1. The molecule has 0 saturated carbocycles. The summed E-state index contributed by atoms with van der Waals surface area (Å²) < 4.78 is 0. The minimum atomic E-state index is 0.305. The van der Waals surface area contributed by atoms with Crippen LogP contribution in [0, 0.1) is 5.41 Å². The van der Waals surface area contributed by atoms with E-state index in [1.807, 2.05) is 0 Å². The summed E-state index contributed by atoms with van der Waals surface area (Å²) in [5.74, 6) is 0. The molecule has 1 unspecified atom stereocenters. The molecule has 1 N–H and O–H groups in total. The van der Waals surface area contributed by atoms with Crippen LogP contribution >= 0.6 is 0 Å². The quantitative estimate of drug-likeness (QED) is 0.853. The number of rotatable bonds is 4. The zero-order valence-corrected chi connectivity index (χ0v) is 12.5. The Kier molecular flexibility index (Phi) is 4.26. The first-order valence-corrected chi connectivity index (χ1v) is 7.16. The first kappa shape index (κ1) is 14.1. The second kappa shape index (κ2) is 5.75. The van der Waals surface area contributed by atoms with Crippen molar-refractivity contribution in [2.45, 2.75) is 39.7 Å². The van der Waals surface area contributed by atoms with Gasteiger partial charge in [-0.1, -0.05) is 63.2 Å². The van der Waals surface area contributed by atoms with Gasteiger partial charge in [0.1, 0.15) is 0 Å². The molecule has 1 atom stereocenters. The van der Waals surface area contributed by atoms with Crippen LogP contribution in [-0.2, 0) is 6.42 Å². The summed E-state index contributed by atoms with van der Waals surface area (Å²) in [6.07, 6.45) is 2.30. The maximum atomic E-state index is 3.46. The molecular weight excluding hydrogens is 230 g/mol. The molecule has 0 aliphatic rings. The van der Waals surface area contributed by atoms with Crippen molar-refractivity contribution in [2.75, 3.05) is 7.05 Å². The van der Waals surface area contributed by atoms with Gasteiger partial charge in [-0.25, -0.2) is 0 Å². The van der Waals surface area contributed by atoms with E-state index in [-0.39, 0.29) is 0 Å². The fraction of sp³-hybridized carbons (Fsp3) is 0.444. The lowest BCUT2D eigenvalue weighted by Gasteiger charge is -2.30. The SMILES string of the molecule is CNC(CCc1cccc2ccccc12)C(C)(C)C.